The summed E-state index contributed by atoms with van der Waals surface area (Å²) in [6.07, 6.45) is 0.739. The van der Waals surface area contributed by atoms with Crippen LogP contribution in [0.5, 0.6) is 0 Å². The first-order chi connectivity index (χ1) is 11.6. The summed E-state index contributed by atoms with van der Waals surface area (Å²) in [5.41, 5.74) is 7.82. The Hall–Kier alpha value is -2.24. The third kappa shape index (κ3) is 2.60. The number of hydrogen-bond acceptors (Lipinski definition) is 4. The Kier molecular flexibility index (Phi) is 3.82. The number of nitrogens with one attached hydrogen (secondary N) is 1. The van der Waals surface area contributed by atoms with Gasteiger partial charge in [-0.25, -0.2) is 4.68 Å². The molecule has 0 saturated heterocycles. The largest absolute Gasteiger partial charge is 0.366 e. The molecule has 2 aromatic carbocycles. The molecule has 122 valence electrons. The highest BCUT2D eigenvalue weighted by atomic mass is 35.5. The van der Waals surface area contributed by atoms with Crippen molar-refractivity contribution < 1.29 is 0 Å². The minimum Gasteiger partial charge on any atom is -0.366 e. The van der Waals surface area contributed by atoms with Gasteiger partial charge >= 0.3 is 0 Å². The van der Waals surface area contributed by atoms with Crippen molar-refractivity contribution in [2.45, 2.75) is 18.5 Å². The molecule has 4 rings (SSSR count). The van der Waals surface area contributed by atoms with Crippen molar-refractivity contribution in [3.63, 3.8) is 0 Å². The number of anilines is 2. The van der Waals surface area contributed by atoms with Gasteiger partial charge in [0.15, 0.2) is 0 Å². The smallest absolute Gasteiger partial charge is 0.241 e. The first-order valence-corrected chi connectivity index (χ1v) is 8.36. The van der Waals surface area contributed by atoms with Crippen molar-refractivity contribution in [1.82, 2.24) is 14.8 Å². The van der Waals surface area contributed by atoms with E-state index in [0.717, 1.165) is 12.0 Å². The lowest BCUT2D eigenvalue weighted by molar-refractivity contribution is 0.432. The van der Waals surface area contributed by atoms with Crippen LogP contribution in [0.1, 0.15) is 29.6 Å². The molecule has 0 amide bonds. The quantitative estimate of drug-likeness (QED) is 0.714. The highest BCUT2D eigenvalue weighted by Crippen LogP contribution is 2.42. The maximum Gasteiger partial charge on any atom is 0.241 e. The summed E-state index contributed by atoms with van der Waals surface area (Å²) in [6.45, 7) is 0. The molecule has 1 aliphatic heterocycles. The van der Waals surface area contributed by atoms with Crippen LogP contribution in [-0.2, 0) is 0 Å². The average molecular weight is 360 g/mol. The topological polar surface area (TPSA) is 68.8 Å². The van der Waals surface area contributed by atoms with Crippen molar-refractivity contribution in [2.75, 3.05) is 11.1 Å². The summed E-state index contributed by atoms with van der Waals surface area (Å²) in [5.74, 6) is 0.841. The van der Waals surface area contributed by atoms with Gasteiger partial charge in [-0.15, -0.1) is 5.10 Å². The highest BCUT2D eigenvalue weighted by molar-refractivity contribution is 6.36. The fraction of sp³-hybridized carbons (Fsp3) is 0.176. The minimum atomic E-state index is -0.141. The van der Waals surface area contributed by atoms with Crippen LogP contribution in [0.25, 0.3) is 0 Å². The van der Waals surface area contributed by atoms with Crippen LogP contribution < -0.4 is 11.1 Å². The molecule has 0 bridgehead atoms. The standard InChI is InChI=1S/C17H15Cl2N5/c18-11-7-4-8-12(19)15(11)14-9-13(10-5-2-1-3-6-10)21-17-22-16(20)23-24(14)17/h1-8,13-14H,9H2,(H3,20,21,22,23)/t13-,14+/m0/s1. The van der Waals surface area contributed by atoms with E-state index in [-0.39, 0.29) is 18.0 Å². The summed E-state index contributed by atoms with van der Waals surface area (Å²) in [5, 5.41) is 8.94. The molecule has 5 nitrogen and oxygen atoms in total. The molecule has 7 heteroatoms. The van der Waals surface area contributed by atoms with Crippen LogP contribution in [0.2, 0.25) is 10.0 Å². The Balaban J connectivity index is 1.83. The van der Waals surface area contributed by atoms with Gasteiger partial charge in [0.25, 0.3) is 0 Å². The van der Waals surface area contributed by atoms with Crippen molar-refractivity contribution in [1.29, 1.82) is 0 Å². The molecule has 0 spiro atoms. The van der Waals surface area contributed by atoms with Crippen molar-refractivity contribution in [3.05, 3.63) is 69.7 Å². The van der Waals surface area contributed by atoms with Gasteiger partial charge in [0.1, 0.15) is 0 Å². The highest BCUT2D eigenvalue weighted by Gasteiger charge is 2.33. The lowest BCUT2D eigenvalue weighted by atomic mass is 9.93. The summed E-state index contributed by atoms with van der Waals surface area (Å²) in [6, 6.07) is 15.6. The van der Waals surface area contributed by atoms with E-state index in [4.69, 9.17) is 28.9 Å². The van der Waals surface area contributed by atoms with E-state index in [2.05, 4.69) is 27.5 Å². The van der Waals surface area contributed by atoms with Gasteiger partial charge in [-0.05, 0) is 24.1 Å². The molecular formula is C17H15Cl2N5. The number of aromatic nitrogens is 3. The van der Waals surface area contributed by atoms with Crippen LogP contribution in [0.3, 0.4) is 0 Å². The zero-order valence-electron chi connectivity index (χ0n) is 12.7. The maximum absolute atomic E-state index is 6.43. The molecular weight excluding hydrogens is 345 g/mol. The number of halogens is 2. The Morgan fingerprint density at radius 3 is 2.46 bits per heavy atom. The fourth-order valence-electron chi connectivity index (χ4n) is 3.17. The van der Waals surface area contributed by atoms with Crippen molar-refractivity contribution in [2.24, 2.45) is 0 Å². The second kappa shape index (κ2) is 6.00. The SMILES string of the molecule is Nc1nc2n(n1)[C@@H](c1c(Cl)cccc1Cl)C[C@@H](c1ccccc1)N2. The molecule has 0 fully saturated rings. The lowest BCUT2D eigenvalue weighted by Gasteiger charge is -2.32. The number of nitrogen functional groups attached to an aromatic ring is 1. The van der Waals surface area contributed by atoms with Gasteiger partial charge in [-0.3, -0.25) is 0 Å². The molecule has 24 heavy (non-hydrogen) atoms. The molecule has 3 N–H and O–H groups in total. The zero-order chi connectivity index (χ0) is 16.7. The van der Waals surface area contributed by atoms with E-state index in [9.17, 15) is 0 Å². The van der Waals surface area contributed by atoms with Gasteiger partial charge in [0, 0.05) is 15.6 Å². The van der Waals surface area contributed by atoms with Crippen LogP contribution in [0.15, 0.2) is 48.5 Å². The third-order valence-electron chi connectivity index (χ3n) is 4.24. The van der Waals surface area contributed by atoms with Gasteiger partial charge in [-0.2, -0.15) is 4.98 Å². The van der Waals surface area contributed by atoms with Gasteiger partial charge in [0.2, 0.25) is 11.9 Å². The minimum absolute atomic E-state index is 0.0691. The van der Waals surface area contributed by atoms with Crippen LogP contribution in [-0.4, -0.2) is 14.8 Å². The molecule has 3 aromatic rings. The Bertz CT molecular complexity index is 858. The van der Waals surface area contributed by atoms with E-state index in [1.54, 1.807) is 4.68 Å². The number of fused-ring (bicyclic) bond motifs is 1. The Morgan fingerprint density at radius 2 is 1.75 bits per heavy atom. The van der Waals surface area contributed by atoms with E-state index < -0.39 is 0 Å². The first-order valence-electron chi connectivity index (χ1n) is 7.61. The van der Waals surface area contributed by atoms with Crippen molar-refractivity contribution in [3.8, 4) is 0 Å². The monoisotopic (exact) mass is 359 g/mol. The Morgan fingerprint density at radius 1 is 1.04 bits per heavy atom. The van der Waals surface area contributed by atoms with Crippen LogP contribution >= 0.6 is 23.2 Å². The summed E-state index contributed by atoms with van der Waals surface area (Å²) < 4.78 is 1.77. The predicted octanol–water partition coefficient (Wildman–Crippen LogP) is 4.31. The fourth-order valence-corrected chi connectivity index (χ4v) is 3.82. The lowest BCUT2D eigenvalue weighted by Crippen LogP contribution is -2.28. The predicted molar refractivity (Wildman–Crippen MR) is 96.5 cm³/mol. The third-order valence-corrected chi connectivity index (χ3v) is 4.90. The summed E-state index contributed by atoms with van der Waals surface area (Å²) >= 11 is 12.9. The van der Waals surface area contributed by atoms with Gasteiger partial charge in [-0.1, -0.05) is 59.6 Å². The van der Waals surface area contributed by atoms with Gasteiger partial charge in [0.05, 0.1) is 12.1 Å². The summed E-state index contributed by atoms with van der Waals surface area (Å²) in [4.78, 5) is 4.29. The molecule has 1 aliphatic rings. The second-order valence-electron chi connectivity index (χ2n) is 5.73. The second-order valence-corrected chi connectivity index (χ2v) is 6.55. The number of rotatable bonds is 2. The van der Waals surface area contributed by atoms with Crippen molar-refractivity contribution >= 4 is 35.1 Å². The summed E-state index contributed by atoms with van der Waals surface area (Å²) in [7, 11) is 0. The first kappa shape index (κ1) is 15.3. The number of hydrogen-bond donors (Lipinski definition) is 2. The molecule has 0 aliphatic carbocycles. The van der Waals surface area contributed by atoms with E-state index in [1.807, 2.05) is 36.4 Å². The molecule has 2 heterocycles. The average Bonchev–Trinajstić information content (AvgIpc) is 2.95. The molecule has 2 atom stereocenters. The number of nitrogens with zero attached hydrogens (tertiary/aromatic N) is 3. The molecule has 0 unspecified atom stereocenters. The molecule has 1 aromatic heterocycles. The van der Waals surface area contributed by atoms with Crippen LogP contribution in [0, 0.1) is 0 Å². The maximum atomic E-state index is 6.43. The zero-order valence-corrected chi connectivity index (χ0v) is 14.2. The van der Waals surface area contributed by atoms with E-state index in [1.165, 1.54) is 5.56 Å². The number of benzene rings is 2. The molecule has 0 saturated carbocycles. The number of nitrogens with two attached hydrogens (primary N) is 1. The van der Waals surface area contributed by atoms with Gasteiger partial charge < -0.3 is 11.1 Å². The Labute approximate surface area is 149 Å². The van der Waals surface area contributed by atoms with Crippen LogP contribution in [0.4, 0.5) is 11.9 Å². The normalized spacial score (nSPS) is 19.6. The molecule has 0 radical (unpaired) electrons. The van der Waals surface area contributed by atoms with E-state index in [0.29, 0.717) is 16.0 Å². The van der Waals surface area contributed by atoms with E-state index >= 15 is 0 Å².